The summed E-state index contributed by atoms with van der Waals surface area (Å²) in [6.07, 6.45) is 9.84. The lowest BCUT2D eigenvalue weighted by atomic mass is 9.67. The van der Waals surface area contributed by atoms with E-state index in [2.05, 4.69) is 46.7 Å². The Balaban J connectivity index is 1.31. The van der Waals surface area contributed by atoms with E-state index in [9.17, 15) is 4.79 Å². The smallest absolute Gasteiger partial charge is 0.224 e. The maximum Gasteiger partial charge on any atom is 0.224 e. The Bertz CT molecular complexity index is 946. The lowest BCUT2D eigenvalue weighted by Gasteiger charge is -2.38. The van der Waals surface area contributed by atoms with E-state index in [1.54, 1.807) is 0 Å². The van der Waals surface area contributed by atoms with Crippen molar-refractivity contribution < 1.29 is 4.79 Å². The topological polar surface area (TPSA) is 57.3 Å². The molecule has 0 radical (unpaired) electrons. The second kappa shape index (κ2) is 8.78. The van der Waals surface area contributed by atoms with E-state index >= 15 is 0 Å². The first-order chi connectivity index (χ1) is 15.1. The second-order valence-electron chi connectivity index (χ2n) is 10.2. The van der Waals surface area contributed by atoms with Crippen LogP contribution in [-0.4, -0.2) is 37.1 Å². The predicted molar refractivity (Wildman–Crippen MR) is 128 cm³/mol. The minimum atomic E-state index is 0.168. The average Bonchev–Trinajstić information content (AvgIpc) is 3.24. The molecule has 2 bridgehead atoms. The standard InChI is InChI=1S/C26H36N4O/c1-17-6-8-23-22(7-9-24(28-23)30-11-10-21(16-30)27-2)26(17)29-25(31)15-20-13-18-4-3-5-19(12-18)14-20/h6-9,18-21,27H,3-5,10-16H2,1-2H3,(H,29,31)/t18?,19?,20?,21-/m0/s1. The molecule has 1 saturated heterocycles. The van der Waals surface area contributed by atoms with Crippen molar-refractivity contribution in [2.75, 3.05) is 30.4 Å². The molecule has 31 heavy (non-hydrogen) atoms. The lowest BCUT2D eigenvalue weighted by molar-refractivity contribution is -0.117. The summed E-state index contributed by atoms with van der Waals surface area (Å²) in [5, 5.41) is 7.68. The molecule has 2 heterocycles. The van der Waals surface area contributed by atoms with Crippen LogP contribution in [0.1, 0.15) is 56.9 Å². The zero-order valence-electron chi connectivity index (χ0n) is 19.0. The molecule has 2 unspecified atom stereocenters. The van der Waals surface area contributed by atoms with Gasteiger partial charge in [0.05, 0.1) is 11.2 Å². The van der Waals surface area contributed by atoms with Gasteiger partial charge in [0.15, 0.2) is 0 Å². The number of hydrogen-bond donors (Lipinski definition) is 2. The molecular weight excluding hydrogens is 384 g/mol. The van der Waals surface area contributed by atoms with Gasteiger partial charge in [0.25, 0.3) is 0 Å². The summed E-state index contributed by atoms with van der Waals surface area (Å²) >= 11 is 0. The van der Waals surface area contributed by atoms with Crippen LogP contribution in [0.4, 0.5) is 11.5 Å². The van der Waals surface area contributed by atoms with Crippen LogP contribution in [0.25, 0.3) is 10.9 Å². The number of pyridine rings is 1. The molecule has 5 heteroatoms. The summed E-state index contributed by atoms with van der Waals surface area (Å²) in [4.78, 5) is 20.3. The van der Waals surface area contributed by atoms with Gasteiger partial charge in [0, 0.05) is 30.9 Å². The van der Waals surface area contributed by atoms with Crippen LogP contribution in [-0.2, 0) is 4.79 Å². The van der Waals surface area contributed by atoms with Crippen LogP contribution in [0.15, 0.2) is 24.3 Å². The summed E-state index contributed by atoms with van der Waals surface area (Å²) in [5.41, 5.74) is 3.00. The molecule has 166 valence electrons. The summed E-state index contributed by atoms with van der Waals surface area (Å²) in [6.45, 7) is 4.10. The van der Waals surface area contributed by atoms with E-state index in [4.69, 9.17) is 4.98 Å². The van der Waals surface area contributed by atoms with E-state index in [1.165, 1.54) is 38.5 Å². The normalized spacial score (nSPS) is 28.1. The van der Waals surface area contributed by atoms with E-state index < -0.39 is 0 Å². The molecule has 2 saturated carbocycles. The first-order valence-corrected chi connectivity index (χ1v) is 12.2. The monoisotopic (exact) mass is 420 g/mol. The van der Waals surface area contributed by atoms with E-state index in [-0.39, 0.29) is 5.91 Å². The van der Waals surface area contributed by atoms with E-state index in [0.717, 1.165) is 59.3 Å². The number of hydrogen-bond acceptors (Lipinski definition) is 4. The fourth-order valence-electron chi connectivity index (χ4n) is 6.34. The first-order valence-electron chi connectivity index (χ1n) is 12.2. The predicted octanol–water partition coefficient (Wildman–Crippen LogP) is 4.89. The van der Waals surface area contributed by atoms with Crippen molar-refractivity contribution in [2.24, 2.45) is 17.8 Å². The third kappa shape index (κ3) is 4.43. The van der Waals surface area contributed by atoms with Gasteiger partial charge in [-0.3, -0.25) is 4.79 Å². The van der Waals surface area contributed by atoms with Crippen LogP contribution in [0.3, 0.4) is 0 Å². The highest BCUT2D eigenvalue weighted by molar-refractivity contribution is 6.02. The molecule has 1 amide bonds. The van der Waals surface area contributed by atoms with Gasteiger partial charge in [-0.2, -0.15) is 0 Å². The van der Waals surface area contributed by atoms with Gasteiger partial charge in [0.2, 0.25) is 5.91 Å². The number of fused-ring (bicyclic) bond motifs is 3. The number of benzene rings is 1. The van der Waals surface area contributed by atoms with Gasteiger partial charge in [-0.05, 0) is 81.2 Å². The van der Waals surface area contributed by atoms with Crippen LogP contribution < -0.4 is 15.5 Å². The fourth-order valence-corrected chi connectivity index (χ4v) is 6.34. The van der Waals surface area contributed by atoms with Gasteiger partial charge in [0.1, 0.15) is 5.82 Å². The van der Waals surface area contributed by atoms with Crippen LogP contribution in [0.2, 0.25) is 0 Å². The summed E-state index contributed by atoms with van der Waals surface area (Å²) in [5.74, 6) is 3.47. The van der Waals surface area contributed by atoms with Gasteiger partial charge < -0.3 is 15.5 Å². The van der Waals surface area contributed by atoms with Crippen LogP contribution in [0, 0.1) is 24.7 Å². The molecule has 2 aliphatic carbocycles. The van der Waals surface area contributed by atoms with Gasteiger partial charge in [-0.25, -0.2) is 4.98 Å². The van der Waals surface area contributed by atoms with Crippen molar-refractivity contribution in [1.82, 2.24) is 10.3 Å². The summed E-state index contributed by atoms with van der Waals surface area (Å²) in [7, 11) is 2.03. The molecule has 1 aromatic heterocycles. The Morgan fingerprint density at radius 1 is 1.10 bits per heavy atom. The Labute approximate surface area is 186 Å². The highest BCUT2D eigenvalue weighted by atomic mass is 16.1. The van der Waals surface area contributed by atoms with Crippen molar-refractivity contribution in [1.29, 1.82) is 0 Å². The second-order valence-corrected chi connectivity index (χ2v) is 10.2. The highest BCUT2D eigenvalue weighted by Crippen LogP contribution is 2.43. The molecule has 2 aromatic rings. The Morgan fingerprint density at radius 3 is 2.65 bits per heavy atom. The molecule has 5 nitrogen and oxygen atoms in total. The fraction of sp³-hybridized carbons (Fsp3) is 0.615. The minimum Gasteiger partial charge on any atom is -0.355 e. The number of nitrogens with zero attached hydrogens (tertiary/aromatic N) is 2. The Hall–Kier alpha value is -2.14. The molecule has 1 aliphatic heterocycles. The minimum absolute atomic E-state index is 0.168. The first kappa shape index (κ1) is 20.7. The molecule has 5 rings (SSSR count). The number of likely N-dealkylation sites (N-methyl/N-ethyl adjacent to an activating group) is 1. The number of rotatable bonds is 5. The zero-order chi connectivity index (χ0) is 21.4. The Kier molecular flexibility index (Phi) is 5.87. The van der Waals surface area contributed by atoms with Crippen LogP contribution >= 0.6 is 0 Å². The van der Waals surface area contributed by atoms with Gasteiger partial charge in [-0.1, -0.05) is 25.3 Å². The lowest BCUT2D eigenvalue weighted by Crippen LogP contribution is -2.29. The molecular formula is C26H36N4O. The maximum atomic E-state index is 13.0. The quantitative estimate of drug-likeness (QED) is 0.723. The molecule has 3 fully saturated rings. The summed E-state index contributed by atoms with van der Waals surface area (Å²) in [6, 6.07) is 8.94. The van der Waals surface area contributed by atoms with E-state index in [0.29, 0.717) is 18.4 Å². The SMILES string of the molecule is CN[C@H]1CCN(c2ccc3c(NC(=O)CC4CC5CCCC(C5)C4)c(C)ccc3n2)C1. The maximum absolute atomic E-state index is 13.0. The third-order valence-electron chi connectivity index (χ3n) is 7.95. The van der Waals surface area contributed by atoms with Crippen molar-refractivity contribution in [3.8, 4) is 0 Å². The number of anilines is 2. The number of amides is 1. The summed E-state index contributed by atoms with van der Waals surface area (Å²) < 4.78 is 0. The van der Waals surface area contributed by atoms with Crippen molar-refractivity contribution in [2.45, 2.75) is 64.3 Å². The van der Waals surface area contributed by atoms with Gasteiger partial charge in [-0.15, -0.1) is 0 Å². The van der Waals surface area contributed by atoms with Crippen molar-refractivity contribution in [3.05, 3.63) is 29.8 Å². The number of aryl methyl sites for hydroxylation is 1. The molecule has 3 aliphatic rings. The van der Waals surface area contributed by atoms with E-state index in [1.807, 2.05) is 7.05 Å². The molecule has 2 N–H and O–H groups in total. The third-order valence-corrected chi connectivity index (χ3v) is 7.95. The van der Waals surface area contributed by atoms with Crippen LogP contribution in [0.5, 0.6) is 0 Å². The largest absolute Gasteiger partial charge is 0.355 e. The molecule has 3 atom stereocenters. The number of carbonyl (C=O) groups excluding carboxylic acids is 1. The highest BCUT2D eigenvalue weighted by Gasteiger charge is 2.32. The number of carbonyl (C=O) groups is 1. The number of nitrogens with one attached hydrogen (secondary N) is 2. The average molecular weight is 421 g/mol. The molecule has 1 aromatic carbocycles. The van der Waals surface area contributed by atoms with Crippen molar-refractivity contribution >= 4 is 28.3 Å². The molecule has 0 spiro atoms. The number of aromatic nitrogens is 1. The van der Waals surface area contributed by atoms with Gasteiger partial charge >= 0.3 is 0 Å². The Morgan fingerprint density at radius 2 is 1.90 bits per heavy atom. The van der Waals surface area contributed by atoms with Crippen molar-refractivity contribution in [3.63, 3.8) is 0 Å². The zero-order valence-corrected chi connectivity index (χ0v) is 19.0.